The minimum atomic E-state index is -0.928. The minimum Gasteiger partial charge on any atom is -0.464 e. The van der Waals surface area contributed by atoms with Crippen molar-refractivity contribution in [3.05, 3.63) is 40.6 Å². The predicted octanol–water partition coefficient (Wildman–Crippen LogP) is 0.117. The highest BCUT2D eigenvalue weighted by molar-refractivity contribution is 6.38. The molecule has 0 saturated carbocycles. The summed E-state index contributed by atoms with van der Waals surface area (Å²) in [5.41, 5.74) is 5.37. The number of anilines is 1. The fourth-order valence-electron chi connectivity index (χ4n) is 2.32. The SMILES string of the molecule is COC(=O)C1=C2C(=O)N(c3ccccc3Cl)C(=O)C2NN1. The molecule has 2 aliphatic rings. The van der Waals surface area contributed by atoms with Gasteiger partial charge in [0.15, 0.2) is 0 Å². The Hall–Kier alpha value is -2.38. The fraction of sp³-hybridized carbons (Fsp3) is 0.154. The molecule has 1 atom stereocenters. The van der Waals surface area contributed by atoms with Crippen LogP contribution in [-0.4, -0.2) is 30.9 Å². The van der Waals surface area contributed by atoms with Crippen LogP contribution < -0.4 is 15.8 Å². The summed E-state index contributed by atoms with van der Waals surface area (Å²) >= 11 is 6.03. The molecule has 2 aliphatic heterocycles. The number of carbonyl (C=O) groups is 3. The number of hydrazine groups is 1. The summed E-state index contributed by atoms with van der Waals surface area (Å²) in [4.78, 5) is 37.4. The van der Waals surface area contributed by atoms with Crippen molar-refractivity contribution in [2.75, 3.05) is 12.0 Å². The van der Waals surface area contributed by atoms with Crippen LogP contribution in [0.25, 0.3) is 0 Å². The monoisotopic (exact) mass is 307 g/mol. The number of hydrogen-bond acceptors (Lipinski definition) is 6. The summed E-state index contributed by atoms with van der Waals surface area (Å²) in [6, 6.07) is 5.56. The van der Waals surface area contributed by atoms with E-state index in [1.165, 1.54) is 7.11 Å². The van der Waals surface area contributed by atoms with E-state index in [2.05, 4.69) is 15.6 Å². The van der Waals surface area contributed by atoms with Crippen molar-refractivity contribution >= 4 is 35.1 Å². The molecule has 0 spiro atoms. The van der Waals surface area contributed by atoms with Gasteiger partial charge in [-0.25, -0.2) is 15.1 Å². The number of ether oxygens (including phenoxy) is 1. The van der Waals surface area contributed by atoms with E-state index in [4.69, 9.17) is 11.6 Å². The smallest absolute Gasteiger partial charge is 0.356 e. The van der Waals surface area contributed by atoms with Gasteiger partial charge in [0, 0.05) is 0 Å². The largest absolute Gasteiger partial charge is 0.464 e. The quantitative estimate of drug-likeness (QED) is 0.596. The van der Waals surface area contributed by atoms with E-state index in [0.717, 1.165) is 4.90 Å². The van der Waals surface area contributed by atoms with Crippen LogP contribution in [0.3, 0.4) is 0 Å². The maximum Gasteiger partial charge on any atom is 0.356 e. The van der Waals surface area contributed by atoms with Crippen LogP contribution >= 0.6 is 11.6 Å². The van der Waals surface area contributed by atoms with Gasteiger partial charge >= 0.3 is 5.97 Å². The maximum atomic E-state index is 12.5. The lowest BCUT2D eigenvalue weighted by Crippen LogP contribution is -2.42. The summed E-state index contributed by atoms with van der Waals surface area (Å²) in [5.74, 6) is -1.83. The molecule has 0 aromatic heterocycles. The second kappa shape index (κ2) is 4.87. The summed E-state index contributed by atoms with van der Waals surface area (Å²) in [7, 11) is 1.19. The Morgan fingerprint density at radius 2 is 2.05 bits per heavy atom. The molecule has 1 saturated heterocycles. The average Bonchev–Trinajstić information content (AvgIpc) is 3.01. The van der Waals surface area contributed by atoms with Crippen molar-refractivity contribution in [1.82, 2.24) is 10.9 Å². The number of amides is 2. The van der Waals surface area contributed by atoms with Crippen LogP contribution in [0.1, 0.15) is 0 Å². The summed E-state index contributed by atoms with van der Waals surface area (Å²) < 4.78 is 4.58. The molecule has 8 heteroatoms. The number of para-hydroxylation sites is 1. The maximum absolute atomic E-state index is 12.5. The second-order valence-corrected chi connectivity index (χ2v) is 4.82. The first-order chi connectivity index (χ1) is 10.1. The average molecular weight is 308 g/mol. The number of imide groups is 1. The molecular weight excluding hydrogens is 298 g/mol. The number of benzene rings is 1. The van der Waals surface area contributed by atoms with Crippen LogP contribution in [0.4, 0.5) is 5.69 Å². The Morgan fingerprint density at radius 1 is 1.33 bits per heavy atom. The number of methoxy groups -OCH3 is 1. The van der Waals surface area contributed by atoms with E-state index in [1.807, 2.05) is 0 Å². The Labute approximate surface area is 124 Å². The van der Waals surface area contributed by atoms with Crippen molar-refractivity contribution in [2.45, 2.75) is 6.04 Å². The third-order valence-corrected chi connectivity index (χ3v) is 3.60. The van der Waals surface area contributed by atoms with Gasteiger partial charge in [0.25, 0.3) is 11.8 Å². The standard InChI is InChI=1S/C13H10ClN3O4/c1-21-13(20)10-8-9(15-16-10)12(19)17(11(8)18)7-5-3-2-4-6(7)14/h2-5,9,15-16H,1H3. The minimum absolute atomic E-state index is 0.0340. The van der Waals surface area contributed by atoms with Crippen molar-refractivity contribution in [3.8, 4) is 0 Å². The number of fused-ring (bicyclic) bond motifs is 1. The molecule has 1 fully saturated rings. The van der Waals surface area contributed by atoms with Crippen LogP contribution in [0.5, 0.6) is 0 Å². The number of nitrogens with zero attached hydrogens (tertiary/aromatic N) is 1. The Bertz CT molecular complexity index is 700. The predicted molar refractivity (Wildman–Crippen MR) is 73.0 cm³/mol. The first-order valence-corrected chi connectivity index (χ1v) is 6.41. The van der Waals surface area contributed by atoms with Crippen LogP contribution in [0, 0.1) is 0 Å². The van der Waals surface area contributed by atoms with E-state index in [9.17, 15) is 14.4 Å². The molecule has 0 aliphatic carbocycles. The van der Waals surface area contributed by atoms with E-state index < -0.39 is 23.8 Å². The molecule has 1 unspecified atom stereocenters. The molecule has 108 valence electrons. The lowest BCUT2D eigenvalue weighted by atomic mass is 10.1. The number of halogens is 1. The van der Waals surface area contributed by atoms with E-state index in [1.54, 1.807) is 24.3 Å². The van der Waals surface area contributed by atoms with Crippen molar-refractivity contribution in [3.63, 3.8) is 0 Å². The van der Waals surface area contributed by atoms with Gasteiger partial charge in [-0.2, -0.15) is 0 Å². The number of esters is 1. The molecule has 1 aromatic carbocycles. The zero-order valence-corrected chi connectivity index (χ0v) is 11.6. The van der Waals surface area contributed by atoms with Gasteiger partial charge in [-0.15, -0.1) is 0 Å². The highest BCUT2D eigenvalue weighted by atomic mass is 35.5. The van der Waals surface area contributed by atoms with E-state index >= 15 is 0 Å². The fourth-order valence-corrected chi connectivity index (χ4v) is 2.54. The van der Waals surface area contributed by atoms with Crippen LogP contribution in [-0.2, 0) is 19.1 Å². The topological polar surface area (TPSA) is 87.7 Å². The van der Waals surface area contributed by atoms with Crippen molar-refractivity contribution in [2.24, 2.45) is 0 Å². The van der Waals surface area contributed by atoms with Gasteiger partial charge in [0.1, 0.15) is 11.7 Å². The number of rotatable bonds is 2. The van der Waals surface area contributed by atoms with E-state index in [0.29, 0.717) is 0 Å². The normalized spacial score (nSPS) is 20.7. The number of carbonyl (C=O) groups excluding carboxylic acids is 3. The first kappa shape index (κ1) is 13.6. The van der Waals surface area contributed by atoms with Gasteiger partial charge < -0.3 is 10.2 Å². The van der Waals surface area contributed by atoms with Gasteiger partial charge in [-0.1, -0.05) is 23.7 Å². The van der Waals surface area contributed by atoms with Crippen molar-refractivity contribution in [1.29, 1.82) is 0 Å². The second-order valence-electron chi connectivity index (χ2n) is 4.41. The highest BCUT2D eigenvalue weighted by Crippen LogP contribution is 2.34. The summed E-state index contributed by atoms with van der Waals surface area (Å²) in [6.45, 7) is 0. The van der Waals surface area contributed by atoms with Crippen LogP contribution in [0.15, 0.2) is 35.5 Å². The molecule has 0 bridgehead atoms. The molecule has 2 amide bonds. The third kappa shape index (κ3) is 1.90. The van der Waals surface area contributed by atoms with Gasteiger partial charge in [-0.3, -0.25) is 9.59 Å². The number of nitrogens with one attached hydrogen (secondary N) is 2. The van der Waals surface area contributed by atoms with Gasteiger partial charge in [0.2, 0.25) is 0 Å². The summed E-state index contributed by atoms with van der Waals surface area (Å²) in [5, 5.41) is 0.271. The molecule has 2 N–H and O–H groups in total. The molecule has 0 radical (unpaired) electrons. The zero-order valence-electron chi connectivity index (χ0n) is 10.8. The summed E-state index contributed by atoms with van der Waals surface area (Å²) in [6.07, 6.45) is 0. The molecule has 7 nitrogen and oxygen atoms in total. The Balaban J connectivity index is 2.09. The van der Waals surface area contributed by atoms with Gasteiger partial charge in [-0.05, 0) is 12.1 Å². The number of hydrogen-bond donors (Lipinski definition) is 2. The van der Waals surface area contributed by atoms with Crippen LogP contribution in [0.2, 0.25) is 5.02 Å². The zero-order chi connectivity index (χ0) is 15.1. The highest BCUT2D eigenvalue weighted by Gasteiger charge is 2.50. The Morgan fingerprint density at radius 3 is 2.71 bits per heavy atom. The molecule has 2 heterocycles. The lowest BCUT2D eigenvalue weighted by molar-refractivity contribution is -0.137. The first-order valence-electron chi connectivity index (χ1n) is 6.03. The molecular formula is C13H10ClN3O4. The van der Waals surface area contributed by atoms with E-state index in [-0.39, 0.29) is 22.0 Å². The molecule has 1 aromatic rings. The molecule has 21 heavy (non-hydrogen) atoms. The Kier molecular flexibility index (Phi) is 3.15. The lowest BCUT2D eigenvalue weighted by Gasteiger charge is -2.16. The third-order valence-electron chi connectivity index (χ3n) is 3.28. The van der Waals surface area contributed by atoms with Crippen molar-refractivity contribution < 1.29 is 19.1 Å². The van der Waals surface area contributed by atoms with Gasteiger partial charge in [0.05, 0.1) is 23.4 Å². The molecule has 3 rings (SSSR count).